The van der Waals surface area contributed by atoms with Crippen LogP contribution in [0.25, 0.3) is 0 Å². The minimum atomic E-state index is -0.281. The lowest BCUT2D eigenvalue weighted by Gasteiger charge is -2.17. The van der Waals surface area contributed by atoms with Gasteiger partial charge in [-0.1, -0.05) is 15.9 Å². The van der Waals surface area contributed by atoms with E-state index in [1.54, 1.807) is 24.3 Å². The third-order valence-electron chi connectivity index (χ3n) is 3.17. The largest absolute Gasteiger partial charge is 0.326 e. The van der Waals surface area contributed by atoms with Gasteiger partial charge in [-0.25, -0.2) is 4.90 Å². The van der Waals surface area contributed by atoms with Gasteiger partial charge in [0.1, 0.15) is 0 Å². The van der Waals surface area contributed by atoms with Crippen molar-refractivity contribution in [1.82, 2.24) is 0 Å². The molecule has 2 fully saturated rings. The summed E-state index contributed by atoms with van der Waals surface area (Å²) in [6, 6.07) is 6.85. The minimum Gasteiger partial charge on any atom is -0.326 e. The molecule has 16 heavy (non-hydrogen) atoms. The Hall–Kier alpha value is -1.20. The van der Waals surface area contributed by atoms with Gasteiger partial charge in [0.05, 0.1) is 17.5 Å². The molecule has 2 amide bonds. The molecule has 3 rings (SSSR count). The van der Waals surface area contributed by atoms with Crippen LogP contribution in [-0.4, -0.2) is 17.9 Å². The Labute approximate surface area is 101 Å². The lowest BCUT2D eigenvalue weighted by molar-refractivity contribution is -0.123. The van der Waals surface area contributed by atoms with Crippen molar-refractivity contribution >= 4 is 33.4 Å². The van der Waals surface area contributed by atoms with Crippen molar-refractivity contribution < 1.29 is 9.59 Å². The van der Waals surface area contributed by atoms with E-state index in [9.17, 15) is 9.59 Å². The van der Waals surface area contributed by atoms with Crippen LogP contribution in [0, 0.1) is 11.8 Å². The number of fused-ring (bicyclic) bond motifs is 1. The summed E-state index contributed by atoms with van der Waals surface area (Å²) in [6.07, 6.45) is 0. The predicted molar refractivity (Wildman–Crippen MR) is 61.6 cm³/mol. The molecule has 0 spiro atoms. The van der Waals surface area contributed by atoms with Crippen molar-refractivity contribution in [3.05, 3.63) is 28.7 Å². The highest BCUT2D eigenvalue weighted by Gasteiger charge is 2.66. The number of halogens is 1. The second-order valence-corrected chi connectivity index (χ2v) is 5.03. The molecule has 2 N–H and O–H groups in total. The average Bonchev–Trinajstić information content (AvgIpc) is 2.84. The van der Waals surface area contributed by atoms with Gasteiger partial charge in [0.2, 0.25) is 11.8 Å². The fourth-order valence-electron chi connectivity index (χ4n) is 2.22. The summed E-state index contributed by atoms with van der Waals surface area (Å²) in [5.74, 6) is -0.887. The van der Waals surface area contributed by atoms with E-state index in [2.05, 4.69) is 15.9 Å². The second kappa shape index (κ2) is 3.15. The Kier molecular flexibility index (Phi) is 1.96. The normalized spacial score (nSPS) is 31.9. The first-order valence-electron chi connectivity index (χ1n) is 5.00. The molecule has 1 aromatic rings. The summed E-state index contributed by atoms with van der Waals surface area (Å²) in [5, 5.41) is 0. The predicted octanol–water partition coefficient (Wildman–Crippen LogP) is 0.896. The summed E-state index contributed by atoms with van der Waals surface area (Å²) >= 11 is 3.31. The second-order valence-electron chi connectivity index (χ2n) is 4.12. The zero-order valence-corrected chi connectivity index (χ0v) is 9.85. The number of benzene rings is 1. The van der Waals surface area contributed by atoms with Crippen LogP contribution >= 0.6 is 15.9 Å². The standard InChI is InChI=1S/C11H9BrN2O2/c12-5-1-3-6(4-2-5)14-10(15)7-8(9(7)13)11(14)16/h1-4,7-9H,13H2. The third kappa shape index (κ3) is 1.18. The number of nitrogens with zero attached hydrogens (tertiary/aromatic N) is 1. The molecule has 5 heteroatoms. The molecule has 0 radical (unpaired) electrons. The van der Waals surface area contributed by atoms with E-state index in [1.807, 2.05) is 0 Å². The Bertz CT molecular complexity index is 463. The number of hydrogen-bond donors (Lipinski definition) is 1. The van der Waals surface area contributed by atoms with Crippen LogP contribution in [-0.2, 0) is 9.59 Å². The van der Waals surface area contributed by atoms with Gasteiger partial charge in [-0.2, -0.15) is 0 Å². The van der Waals surface area contributed by atoms with E-state index >= 15 is 0 Å². The number of piperidine rings is 1. The van der Waals surface area contributed by atoms with Gasteiger partial charge in [0.15, 0.2) is 0 Å². The molecule has 1 aliphatic heterocycles. The van der Waals surface area contributed by atoms with Gasteiger partial charge in [0.25, 0.3) is 0 Å². The van der Waals surface area contributed by atoms with E-state index in [0.29, 0.717) is 5.69 Å². The third-order valence-corrected chi connectivity index (χ3v) is 3.70. The van der Waals surface area contributed by atoms with Crippen LogP contribution in [0.3, 0.4) is 0 Å². The van der Waals surface area contributed by atoms with Gasteiger partial charge in [0, 0.05) is 10.5 Å². The van der Waals surface area contributed by atoms with Crippen molar-refractivity contribution in [3.63, 3.8) is 0 Å². The molecular formula is C11H9BrN2O2. The molecule has 2 aliphatic rings. The minimum absolute atomic E-state index is 0.162. The van der Waals surface area contributed by atoms with E-state index in [4.69, 9.17) is 5.73 Å². The highest BCUT2D eigenvalue weighted by atomic mass is 79.9. The maximum Gasteiger partial charge on any atom is 0.239 e. The van der Waals surface area contributed by atoms with Gasteiger partial charge in [-0.05, 0) is 24.3 Å². The Morgan fingerprint density at radius 1 is 1.06 bits per heavy atom. The highest BCUT2D eigenvalue weighted by Crippen LogP contribution is 2.47. The van der Waals surface area contributed by atoms with E-state index < -0.39 is 0 Å². The summed E-state index contributed by atoms with van der Waals surface area (Å²) in [5.41, 5.74) is 6.26. The highest BCUT2D eigenvalue weighted by molar-refractivity contribution is 9.10. The molecule has 1 saturated heterocycles. The van der Waals surface area contributed by atoms with Crippen molar-refractivity contribution in [2.45, 2.75) is 6.04 Å². The van der Waals surface area contributed by atoms with Crippen LogP contribution in [0.5, 0.6) is 0 Å². The van der Waals surface area contributed by atoms with Crippen molar-refractivity contribution in [2.24, 2.45) is 17.6 Å². The summed E-state index contributed by atoms with van der Waals surface area (Å²) in [4.78, 5) is 25.0. The van der Waals surface area contributed by atoms with Crippen LogP contribution in [0.1, 0.15) is 0 Å². The molecule has 1 aliphatic carbocycles. The van der Waals surface area contributed by atoms with Gasteiger partial charge < -0.3 is 5.73 Å². The maximum absolute atomic E-state index is 11.9. The van der Waals surface area contributed by atoms with Gasteiger partial charge in [-0.3, -0.25) is 9.59 Å². The first-order chi connectivity index (χ1) is 7.61. The first-order valence-corrected chi connectivity index (χ1v) is 5.79. The fourth-order valence-corrected chi connectivity index (χ4v) is 2.49. The molecule has 1 heterocycles. The summed E-state index contributed by atoms with van der Waals surface area (Å²) in [7, 11) is 0. The van der Waals surface area contributed by atoms with E-state index in [1.165, 1.54) is 4.90 Å². The zero-order valence-electron chi connectivity index (χ0n) is 8.26. The molecule has 4 nitrogen and oxygen atoms in total. The summed E-state index contributed by atoms with van der Waals surface area (Å²) < 4.78 is 0.914. The van der Waals surface area contributed by atoms with Crippen molar-refractivity contribution in [3.8, 4) is 0 Å². The van der Waals surface area contributed by atoms with Gasteiger partial charge in [-0.15, -0.1) is 0 Å². The summed E-state index contributed by atoms with van der Waals surface area (Å²) in [6.45, 7) is 0. The Balaban J connectivity index is 1.95. The van der Waals surface area contributed by atoms with E-state index in [0.717, 1.165) is 4.47 Å². The molecular weight excluding hydrogens is 272 g/mol. The number of carbonyl (C=O) groups excluding carboxylic acids is 2. The average molecular weight is 281 g/mol. The quantitative estimate of drug-likeness (QED) is 0.778. The lowest BCUT2D eigenvalue weighted by Crippen LogP contribution is -2.37. The van der Waals surface area contributed by atoms with E-state index in [-0.39, 0.29) is 29.7 Å². The Morgan fingerprint density at radius 2 is 1.56 bits per heavy atom. The molecule has 0 bridgehead atoms. The van der Waals surface area contributed by atoms with Crippen LogP contribution < -0.4 is 10.6 Å². The molecule has 2 atom stereocenters. The Morgan fingerprint density at radius 3 is 2.06 bits per heavy atom. The number of anilines is 1. The molecule has 2 unspecified atom stereocenters. The van der Waals surface area contributed by atoms with Gasteiger partial charge >= 0.3 is 0 Å². The molecule has 1 saturated carbocycles. The maximum atomic E-state index is 11.9. The lowest BCUT2D eigenvalue weighted by atomic mass is 10.2. The molecule has 82 valence electrons. The first kappa shape index (κ1) is 9.99. The fraction of sp³-hybridized carbons (Fsp3) is 0.273. The number of amides is 2. The number of carbonyl (C=O) groups is 2. The monoisotopic (exact) mass is 280 g/mol. The van der Waals surface area contributed by atoms with Crippen molar-refractivity contribution in [2.75, 3.05) is 4.90 Å². The number of hydrogen-bond acceptors (Lipinski definition) is 3. The number of rotatable bonds is 1. The topological polar surface area (TPSA) is 63.4 Å². The zero-order chi connectivity index (χ0) is 11.4. The van der Waals surface area contributed by atoms with Crippen LogP contribution in [0.2, 0.25) is 0 Å². The van der Waals surface area contributed by atoms with Crippen LogP contribution in [0.4, 0.5) is 5.69 Å². The van der Waals surface area contributed by atoms with Crippen molar-refractivity contribution in [1.29, 1.82) is 0 Å². The SMILES string of the molecule is NC1C2C(=O)N(c3ccc(Br)cc3)C(=O)C12. The molecule has 0 aromatic heterocycles. The molecule has 1 aromatic carbocycles. The number of nitrogens with two attached hydrogens (primary N) is 1. The number of imide groups is 1. The van der Waals surface area contributed by atoms with Crippen LogP contribution in [0.15, 0.2) is 28.7 Å². The smallest absolute Gasteiger partial charge is 0.239 e.